The van der Waals surface area contributed by atoms with Gasteiger partial charge in [-0.05, 0) is 16.7 Å². The third-order valence-electron chi connectivity index (χ3n) is 7.80. The second kappa shape index (κ2) is 10.2. The largest absolute Gasteiger partial charge is 0.394 e. The van der Waals surface area contributed by atoms with Crippen LogP contribution in [-0.4, -0.2) is 59.3 Å². The quantitative estimate of drug-likeness (QED) is 0.182. The summed E-state index contributed by atoms with van der Waals surface area (Å²) >= 11 is 0. The minimum atomic E-state index is -2.19. The smallest absolute Gasteiger partial charge is 0.310 e. The van der Waals surface area contributed by atoms with Crippen molar-refractivity contribution in [3.8, 4) is 0 Å². The molecule has 0 amide bonds. The summed E-state index contributed by atoms with van der Waals surface area (Å²) in [5.74, 6) is 0. The second-order valence-corrected chi connectivity index (χ2v) is 9.80. The molecule has 10 heteroatoms. The van der Waals surface area contributed by atoms with Crippen molar-refractivity contribution in [1.82, 2.24) is 19.5 Å². The molecule has 5 N–H and O–H groups in total. The van der Waals surface area contributed by atoms with Gasteiger partial charge in [0.15, 0.2) is 17.5 Å². The van der Waals surface area contributed by atoms with E-state index in [0.29, 0.717) is 16.7 Å². The minimum Gasteiger partial charge on any atom is -0.394 e. The molecule has 3 aromatic carbocycles. The number of halogens is 1. The Labute approximate surface area is 229 Å². The summed E-state index contributed by atoms with van der Waals surface area (Å²) in [4.78, 5) is 12.1. The lowest BCUT2D eigenvalue weighted by Gasteiger charge is -2.50. The van der Waals surface area contributed by atoms with Gasteiger partial charge in [-0.3, -0.25) is 4.57 Å². The Kier molecular flexibility index (Phi) is 6.65. The van der Waals surface area contributed by atoms with Crippen LogP contribution in [0.15, 0.2) is 97.3 Å². The van der Waals surface area contributed by atoms with Crippen LogP contribution in [0.25, 0.3) is 11.2 Å². The molecule has 40 heavy (non-hydrogen) atoms. The maximum Gasteiger partial charge on any atom is 0.310 e. The molecule has 2 aromatic heterocycles. The minimum absolute atomic E-state index is 0.0326. The van der Waals surface area contributed by atoms with E-state index in [2.05, 4.69) is 15.0 Å². The molecule has 9 nitrogen and oxygen atoms in total. The van der Waals surface area contributed by atoms with Crippen molar-refractivity contribution in [3.05, 3.63) is 126 Å². The summed E-state index contributed by atoms with van der Waals surface area (Å²) in [6.07, 6.45) is -3.85. The molecule has 4 atom stereocenters. The topological polar surface area (TPSA) is 140 Å². The molecule has 0 bridgehead atoms. The normalized spacial score (nSPS) is 23.1. The molecule has 5 aromatic rings. The van der Waals surface area contributed by atoms with Gasteiger partial charge in [0.2, 0.25) is 0 Å². The average Bonchev–Trinajstić information content (AvgIpc) is 3.53. The molecule has 1 saturated heterocycles. The molecule has 1 fully saturated rings. The monoisotopic (exact) mass is 541 g/mol. The van der Waals surface area contributed by atoms with Crippen LogP contribution in [-0.2, 0) is 16.7 Å². The summed E-state index contributed by atoms with van der Waals surface area (Å²) in [7, 11) is 0. The van der Waals surface area contributed by atoms with E-state index >= 15 is 0 Å². The third kappa shape index (κ3) is 3.69. The van der Waals surface area contributed by atoms with Crippen LogP contribution < -0.4 is 5.73 Å². The number of aliphatic hydroxyl groups is 3. The Morgan fingerprint density at radius 3 is 1.90 bits per heavy atom. The third-order valence-corrected chi connectivity index (χ3v) is 7.80. The lowest BCUT2D eigenvalue weighted by Crippen LogP contribution is -2.62. The number of benzene rings is 3. The van der Waals surface area contributed by atoms with Gasteiger partial charge in [-0.25, -0.2) is 9.97 Å². The van der Waals surface area contributed by atoms with Crippen molar-refractivity contribution in [1.29, 1.82) is 0 Å². The summed E-state index contributed by atoms with van der Waals surface area (Å²) in [6, 6.07) is 27.9. The van der Waals surface area contributed by atoms with Gasteiger partial charge in [-0.15, -0.1) is 0 Å². The van der Waals surface area contributed by atoms with Crippen LogP contribution in [0.3, 0.4) is 0 Å². The van der Waals surface area contributed by atoms with E-state index in [-0.39, 0.29) is 23.4 Å². The van der Waals surface area contributed by atoms with Crippen molar-refractivity contribution < 1.29 is 24.4 Å². The number of nitrogens with zero attached hydrogens (tertiary/aromatic N) is 4. The molecule has 0 saturated carbocycles. The lowest BCUT2D eigenvalue weighted by atomic mass is 9.57. The van der Waals surface area contributed by atoms with E-state index in [1.165, 1.54) is 10.9 Å². The average molecular weight is 542 g/mol. The first-order valence-corrected chi connectivity index (χ1v) is 12.9. The zero-order valence-electron chi connectivity index (χ0n) is 21.4. The zero-order chi connectivity index (χ0) is 27.9. The standard InChI is InChI=1S/C30H28FN5O4/c31-28-34-22(16-32)24-26(35-28)36(18-33-24)27-30(39,25(38)23(17-37)40-27)29(19-10-4-1-5-11-19,20-12-6-2-7-13-20)21-14-8-3-9-15-21/h1-15,18,23,25,27,37-39H,16-17,32H2/t23-,25-,27-,30-/m1/s1. The van der Waals surface area contributed by atoms with Gasteiger partial charge in [0.25, 0.3) is 0 Å². The SMILES string of the molecule is NCc1nc(F)nc2c1ncn2[C@@H]1O[C@H](CO)[C@@H](O)[C@]1(O)C(c1ccccc1)(c1ccccc1)c1ccccc1. The summed E-state index contributed by atoms with van der Waals surface area (Å²) in [5.41, 5.74) is 4.59. The fraction of sp³-hybridized carbons (Fsp3) is 0.233. The zero-order valence-corrected chi connectivity index (χ0v) is 21.4. The van der Waals surface area contributed by atoms with E-state index in [9.17, 15) is 19.7 Å². The number of aromatic nitrogens is 4. The highest BCUT2D eigenvalue weighted by Crippen LogP contribution is 2.57. The van der Waals surface area contributed by atoms with E-state index in [4.69, 9.17) is 10.5 Å². The molecular formula is C30H28FN5O4. The highest BCUT2D eigenvalue weighted by Gasteiger charge is 2.68. The summed E-state index contributed by atoms with van der Waals surface area (Å²) in [5, 5.41) is 35.4. The van der Waals surface area contributed by atoms with Crippen LogP contribution >= 0.6 is 0 Å². The maximum absolute atomic E-state index is 14.6. The number of ether oxygens (including phenoxy) is 1. The first kappa shape index (κ1) is 26.2. The van der Waals surface area contributed by atoms with E-state index < -0.39 is 42.1 Å². The molecule has 1 aliphatic rings. The molecule has 1 aliphatic heterocycles. The Morgan fingerprint density at radius 1 is 0.900 bits per heavy atom. The number of hydrogen-bond acceptors (Lipinski definition) is 8. The number of rotatable bonds is 7. The first-order valence-electron chi connectivity index (χ1n) is 12.9. The van der Waals surface area contributed by atoms with Crippen LogP contribution in [0.4, 0.5) is 4.39 Å². The Balaban J connectivity index is 1.73. The van der Waals surface area contributed by atoms with Gasteiger partial charge in [0.05, 0.1) is 24.0 Å². The fourth-order valence-corrected chi connectivity index (χ4v) is 6.12. The van der Waals surface area contributed by atoms with Crippen molar-refractivity contribution in [2.24, 2.45) is 5.73 Å². The lowest BCUT2D eigenvalue weighted by molar-refractivity contribution is -0.136. The number of imidazole rings is 1. The van der Waals surface area contributed by atoms with Crippen molar-refractivity contribution in [2.45, 2.75) is 36.0 Å². The molecule has 0 unspecified atom stereocenters. The summed E-state index contributed by atoms with van der Waals surface area (Å²) in [6.45, 7) is -0.676. The van der Waals surface area contributed by atoms with Gasteiger partial charge in [-0.1, -0.05) is 91.0 Å². The first-order chi connectivity index (χ1) is 19.5. The van der Waals surface area contributed by atoms with Crippen LogP contribution in [0.1, 0.15) is 28.6 Å². The molecule has 204 valence electrons. The number of hydrogen-bond donors (Lipinski definition) is 4. The fourth-order valence-electron chi connectivity index (χ4n) is 6.12. The Bertz CT molecular complexity index is 1520. The number of fused-ring (bicyclic) bond motifs is 1. The van der Waals surface area contributed by atoms with Crippen molar-refractivity contribution in [2.75, 3.05) is 6.61 Å². The number of aliphatic hydroxyl groups excluding tert-OH is 2. The molecule has 0 radical (unpaired) electrons. The van der Waals surface area contributed by atoms with Crippen LogP contribution in [0.5, 0.6) is 0 Å². The predicted molar refractivity (Wildman–Crippen MR) is 144 cm³/mol. The van der Waals surface area contributed by atoms with E-state index in [0.717, 1.165) is 0 Å². The Morgan fingerprint density at radius 2 is 1.43 bits per heavy atom. The van der Waals surface area contributed by atoms with Gasteiger partial charge in [0, 0.05) is 6.54 Å². The molecule has 0 aliphatic carbocycles. The number of nitrogens with two attached hydrogens (primary N) is 1. The van der Waals surface area contributed by atoms with Crippen LogP contribution in [0.2, 0.25) is 0 Å². The second-order valence-electron chi connectivity index (χ2n) is 9.80. The van der Waals surface area contributed by atoms with Gasteiger partial charge >= 0.3 is 6.08 Å². The molecule has 6 rings (SSSR count). The predicted octanol–water partition coefficient (Wildman–Crippen LogP) is 2.44. The van der Waals surface area contributed by atoms with Crippen molar-refractivity contribution in [3.63, 3.8) is 0 Å². The molecule has 3 heterocycles. The van der Waals surface area contributed by atoms with Gasteiger partial charge in [0.1, 0.15) is 17.7 Å². The summed E-state index contributed by atoms with van der Waals surface area (Å²) < 4.78 is 22.2. The van der Waals surface area contributed by atoms with Gasteiger partial charge in [-0.2, -0.15) is 9.37 Å². The Hall–Kier alpha value is -4.06. The highest BCUT2D eigenvalue weighted by molar-refractivity contribution is 5.73. The van der Waals surface area contributed by atoms with E-state index in [1.807, 2.05) is 91.0 Å². The molecule has 0 spiro atoms. The maximum atomic E-state index is 14.6. The van der Waals surface area contributed by atoms with Crippen LogP contribution in [0, 0.1) is 6.08 Å². The highest BCUT2D eigenvalue weighted by atomic mass is 19.1. The van der Waals surface area contributed by atoms with Crippen molar-refractivity contribution >= 4 is 11.2 Å². The van der Waals surface area contributed by atoms with Gasteiger partial charge < -0.3 is 25.8 Å². The molecular weight excluding hydrogens is 513 g/mol. The van der Waals surface area contributed by atoms with E-state index in [1.54, 1.807) is 0 Å².